The summed E-state index contributed by atoms with van der Waals surface area (Å²) in [7, 11) is 0. The van der Waals surface area contributed by atoms with Gasteiger partial charge < -0.3 is 10.1 Å². The first-order valence-electron chi connectivity index (χ1n) is 7.08. The van der Waals surface area contributed by atoms with Gasteiger partial charge in [-0.25, -0.2) is 9.97 Å². The van der Waals surface area contributed by atoms with Gasteiger partial charge in [-0.2, -0.15) is 0 Å². The standard InChI is InChI=1S/C16H19N3O/c1-12-4-2-5-13(8-12)16-18-10-15(11-19-16)20-14-6-3-7-17-9-14/h2,4-5,8,10-11,14,17H,3,6-7,9H2,1H3. The normalized spacial score (nSPS) is 18.8. The summed E-state index contributed by atoms with van der Waals surface area (Å²) >= 11 is 0. The van der Waals surface area contributed by atoms with E-state index in [1.54, 1.807) is 12.4 Å². The smallest absolute Gasteiger partial charge is 0.159 e. The Morgan fingerprint density at radius 3 is 2.80 bits per heavy atom. The zero-order valence-corrected chi connectivity index (χ0v) is 11.7. The van der Waals surface area contributed by atoms with E-state index in [0.717, 1.165) is 43.1 Å². The first-order valence-corrected chi connectivity index (χ1v) is 7.08. The van der Waals surface area contributed by atoms with Crippen LogP contribution in [0.3, 0.4) is 0 Å². The number of nitrogens with zero attached hydrogens (tertiary/aromatic N) is 2. The fourth-order valence-electron chi connectivity index (χ4n) is 2.42. The number of piperidine rings is 1. The molecule has 1 unspecified atom stereocenters. The van der Waals surface area contributed by atoms with Crippen molar-refractivity contribution in [2.24, 2.45) is 0 Å². The molecule has 1 fully saturated rings. The van der Waals surface area contributed by atoms with Crippen LogP contribution in [-0.2, 0) is 0 Å². The number of nitrogens with one attached hydrogen (secondary N) is 1. The van der Waals surface area contributed by atoms with Crippen molar-refractivity contribution < 1.29 is 4.74 Å². The van der Waals surface area contributed by atoms with Gasteiger partial charge in [0.2, 0.25) is 0 Å². The number of rotatable bonds is 3. The second kappa shape index (κ2) is 6.01. The molecule has 4 nitrogen and oxygen atoms in total. The summed E-state index contributed by atoms with van der Waals surface area (Å²) in [5.74, 6) is 1.48. The van der Waals surface area contributed by atoms with Crippen molar-refractivity contribution in [3.8, 4) is 17.1 Å². The van der Waals surface area contributed by atoms with Crippen LogP contribution in [-0.4, -0.2) is 29.2 Å². The molecular weight excluding hydrogens is 250 g/mol. The highest BCUT2D eigenvalue weighted by Crippen LogP contribution is 2.19. The van der Waals surface area contributed by atoms with Crippen LogP contribution in [0.15, 0.2) is 36.7 Å². The van der Waals surface area contributed by atoms with E-state index in [4.69, 9.17) is 4.74 Å². The molecule has 0 spiro atoms. The van der Waals surface area contributed by atoms with Gasteiger partial charge in [0, 0.05) is 12.1 Å². The Morgan fingerprint density at radius 1 is 1.25 bits per heavy atom. The SMILES string of the molecule is Cc1cccc(-c2ncc(OC3CCCNC3)cn2)c1. The van der Waals surface area contributed by atoms with E-state index < -0.39 is 0 Å². The van der Waals surface area contributed by atoms with Gasteiger partial charge in [0.1, 0.15) is 6.10 Å². The second-order valence-electron chi connectivity index (χ2n) is 5.20. The predicted octanol–water partition coefficient (Wildman–Crippen LogP) is 2.58. The minimum atomic E-state index is 0.233. The van der Waals surface area contributed by atoms with Gasteiger partial charge in [-0.3, -0.25) is 0 Å². The number of hydrogen-bond donors (Lipinski definition) is 1. The molecule has 2 aromatic rings. The fraction of sp³-hybridized carbons (Fsp3) is 0.375. The summed E-state index contributed by atoms with van der Waals surface area (Å²) in [5, 5.41) is 3.33. The average molecular weight is 269 g/mol. The number of ether oxygens (including phenoxy) is 1. The quantitative estimate of drug-likeness (QED) is 0.930. The minimum Gasteiger partial charge on any atom is -0.486 e. The summed E-state index contributed by atoms with van der Waals surface area (Å²) < 4.78 is 5.88. The van der Waals surface area contributed by atoms with Crippen molar-refractivity contribution in [2.75, 3.05) is 13.1 Å². The van der Waals surface area contributed by atoms with E-state index in [-0.39, 0.29) is 6.10 Å². The highest BCUT2D eigenvalue weighted by molar-refractivity contribution is 5.55. The maximum atomic E-state index is 5.88. The van der Waals surface area contributed by atoms with Crippen molar-refractivity contribution in [1.82, 2.24) is 15.3 Å². The Morgan fingerprint density at radius 2 is 2.10 bits per heavy atom. The lowest BCUT2D eigenvalue weighted by atomic mass is 10.1. The number of aryl methyl sites for hydroxylation is 1. The molecule has 1 aromatic heterocycles. The largest absolute Gasteiger partial charge is 0.486 e. The Kier molecular flexibility index (Phi) is 3.92. The van der Waals surface area contributed by atoms with Crippen molar-refractivity contribution in [3.63, 3.8) is 0 Å². The zero-order valence-electron chi connectivity index (χ0n) is 11.7. The molecule has 20 heavy (non-hydrogen) atoms. The van der Waals surface area contributed by atoms with E-state index in [9.17, 15) is 0 Å². The molecule has 1 N–H and O–H groups in total. The molecule has 4 heteroatoms. The molecule has 0 saturated carbocycles. The summed E-state index contributed by atoms with van der Waals surface area (Å²) in [5.41, 5.74) is 2.25. The monoisotopic (exact) mass is 269 g/mol. The van der Waals surface area contributed by atoms with Crippen molar-refractivity contribution in [1.29, 1.82) is 0 Å². The topological polar surface area (TPSA) is 47.0 Å². The van der Waals surface area contributed by atoms with E-state index in [1.165, 1.54) is 5.56 Å². The predicted molar refractivity (Wildman–Crippen MR) is 78.7 cm³/mol. The van der Waals surface area contributed by atoms with Gasteiger partial charge in [0.15, 0.2) is 11.6 Å². The lowest BCUT2D eigenvalue weighted by molar-refractivity contribution is 0.166. The van der Waals surface area contributed by atoms with Crippen molar-refractivity contribution >= 4 is 0 Å². The van der Waals surface area contributed by atoms with Crippen LogP contribution < -0.4 is 10.1 Å². The molecule has 1 aliphatic rings. The molecular formula is C16H19N3O. The van der Waals surface area contributed by atoms with E-state index >= 15 is 0 Å². The average Bonchev–Trinajstić information content (AvgIpc) is 2.49. The van der Waals surface area contributed by atoms with Crippen LogP contribution in [0.5, 0.6) is 5.75 Å². The third kappa shape index (κ3) is 3.14. The zero-order chi connectivity index (χ0) is 13.8. The summed E-state index contributed by atoms with van der Waals surface area (Å²) in [6.07, 6.45) is 6.01. The second-order valence-corrected chi connectivity index (χ2v) is 5.20. The summed E-state index contributed by atoms with van der Waals surface area (Å²) in [6, 6.07) is 8.19. The van der Waals surface area contributed by atoms with Crippen LogP contribution >= 0.6 is 0 Å². The Labute approximate surface area is 119 Å². The number of hydrogen-bond acceptors (Lipinski definition) is 4. The van der Waals surface area contributed by atoms with E-state index in [1.807, 2.05) is 12.1 Å². The van der Waals surface area contributed by atoms with Crippen LogP contribution in [0.4, 0.5) is 0 Å². The molecule has 104 valence electrons. The maximum absolute atomic E-state index is 5.88. The third-order valence-corrected chi connectivity index (χ3v) is 3.46. The molecule has 0 radical (unpaired) electrons. The molecule has 0 amide bonds. The van der Waals surface area contributed by atoms with Gasteiger partial charge in [0.25, 0.3) is 0 Å². The van der Waals surface area contributed by atoms with Crippen molar-refractivity contribution in [3.05, 3.63) is 42.2 Å². The summed E-state index contributed by atoms with van der Waals surface area (Å²) in [6.45, 7) is 4.05. The molecule has 1 aromatic carbocycles. The van der Waals surface area contributed by atoms with Gasteiger partial charge in [-0.1, -0.05) is 23.8 Å². The molecule has 1 atom stereocenters. The number of benzene rings is 1. The molecule has 0 bridgehead atoms. The van der Waals surface area contributed by atoms with Crippen LogP contribution in [0, 0.1) is 6.92 Å². The minimum absolute atomic E-state index is 0.233. The van der Waals surface area contributed by atoms with Gasteiger partial charge >= 0.3 is 0 Å². The maximum Gasteiger partial charge on any atom is 0.159 e. The lowest BCUT2D eigenvalue weighted by Crippen LogP contribution is -2.37. The van der Waals surface area contributed by atoms with Crippen LogP contribution in [0.25, 0.3) is 11.4 Å². The van der Waals surface area contributed by atoms with E-state index in [2.05, 4.69) is 34.3 Å². The van der Waals surface area contributed by atoms with Gasteiger partial charge in [-0.05, 0) is 32.4 Å². The lowest BCUT2D eigenvalue weighted by Gasteiger charge is -2.23. The molecule has 3 rings (SSSR count). The van der Waals surface area contributed by atoms with Crippen molar-refractivity contribution in [2.45, 2.75) is 25.9 Å². The summed E-state index contributed by atoms with van der Waals surface area (Å²) in [4.78, 5) is 8.80. The molecule has 1 aliphatic heterocycles. The first-order chi connectivity index (χ1) is 9.81. The number of aromatic nitrogens is 2. The molecule has 0 aliphatic carbocycles. The highest BCUT2D eigenvalue weighted by atomic mass is 16.5. The van der Waals surface area contributed by atoms with Crippen LogP contribution in [0.1, 0.15) is 18.4 Å². The Balaban J connectivity index is 1.71. The highest BCUT2D eigenvalue weighted by Gasteiger charge is 2.14. The third-order valence-electron chi connectivity index (χ3n) is 3.46. The van der Waals surface area contributed by atoms with E-state index in [0.29, 0.717) is 0 Å². The molecule has 1 saturated heterocycles. The Bertz CT molecular complexity index is 562. The van der Waals surface area contributed by atoms with Gasteiger partial charge in [-0.15, -0.1) is 0 Å². The van der Waals surface area contributed by atoms with Gasteiger partial charge in [0.05, 0.1) is 12.4 Å². The molecule has 2 heterocycles. The van der Waals surface area contributed by atoms with Crippen LogP contribution in [0.2, 0.25) is 0 Å². The first kappa shape index (κ1) is 13.1. The fourth-order valence-corrected chi connectivity index (χ4v) is 2.42. The Hall–Kier alpha value is -1.94.